The Morgan fingerprint density at radius 1 is 1.42 bits per heavy atom. The van der Waals surface area contributed by atoms with E-state index in [9.17, 15) is 8.42 Å². The van der Waals surface area contributed by atoms with Crippen LogP contribution >= 0.6 is 0 Å². The van der Waals surface area contributed by atoms with Gasteiger partial charge < -0.3 is 10.5 Å². The molecule has 0 amide bonds. The molecule has 1 fully saturated rings. The molecule has 106 valence electrons. The normalized spacial score (nSPS) is 15.9. The van der Waals surface area contributed by atoms with Gasteiger partial charge in [-0.1, -0.05) is 0 Å². The minimum absolute atomic E-state index is 0.123. The Morgan fingerprint density at radius 2 is 2.11 bits per heavy atom. The molecule has 1 saturated carbocycles. The van der Waals surface area contributed by atoms with Crippen LogP contribution in [0.5, 0.6) is 0 Å². The zero-order valence-corrected chi connectivity index (χ0v) is 12.1. The number of hydrogen-bond donors (Lipinski definition) is 1. The second-order valence-corrected chi connectivity index (χ2v) is 6.75. The van der Waals surface area contributed by atoms with Gasteiger partial charge in [-0.3, -0.25) is 0 Å². The summed E-state index contributed by atoms with van der Waals surface area (Å²) in [6, 6.07) is 4.97. The summed E-state index contributed by atoms with van der Waals surface area (Å²) in [6.07, 6.45) is 1.85. The summed E-state index contributed by atoms with van der Waals surface area (Å²) >= 11 is 0. The number of nitrogens with zero attached hydrogens (tertiary/aromatic N) is 1. The van der Waals surface area contributed by atoms with E-state index in [-0.39, 0.29) is 6.04 Å². The van der Waals surface area contributed by atoms with Crippen LogP contribution in [0.3, 0.4) is 0 Å². The van der Waals surface area contributed by atoms with Gasteiger partial charge in [-0.15, -0.1) is 0 Å². The minimum Gasteiger partial charge on any atom is -0.399 e. The van der Waals surface area contributed by atoms with E-state index in [1.165, 1.54) is 0 Å². The number of nitrogen functional groups attached to an aromatic ring is 1. The van der Waals surface area contributed by atoms with E-state index < -0.39 is 10.0 Å². The van der Waals surface area contributed by atoms with E-state index >= 15 is 0 Å². The van der Waals surface area contributed by atoms with E-state index in [2.05, 4.69) is 0 Å². The molecule has 0 aromatic heterocycles. The monoisotopic (exact) mass is 284 g/mol. The fourth-order valence-corrected chi connectivity index (χ4v) is 3.74. The largest absolute Gasteiger partial charge is 0.399 e. The summed E-state index contributed by atoms with van der Waals surface area (Å²) < 4.78 is 31.8. The molecular formula is C13H20N2O3S. The average molecular weight is 284 g/mol. The van der Waals surface area contributed by atoms with E-state index in [4.69, 9.17) is 10.5 Å². The average Bonchev–Trinajstić information content (AvgIpc) is 3.17. The van der Waals surface area contributed by atoms with Crippen LogP contribution in [0.2, 0.25) is 0 Å². The number of benzene rings is 1. The molecule has 5 nitrogen and oxygen atoms in total. The summed E-state index contributed by atoms with van der Waals surface area (Å²) in [5.41, 5.74) is 7.12. The van der Waals surface area contributed by atoms with Crippen molar-refractivity contribution in [3.05, 3.63) is 23.8 Å². The van der Waals surface area contributed by atoms with Gasteiger partial charge in [0, 0.05) is 25.4 Å². The molecule has 0 saturated heterocycles. The van der Waals surface area contributed by atoms with Gasteiger partial charge in [0.1, 0.15) is 0 Å². The van der Waals surface area contributed by atoms with Crippen molar-refractivity contribution in [1.29, 1.82) is 0 Å². The minimum atomic E-state index is -3.45. The highest BCUT2D eigenvalue weighted by atomic mass is 32.2. The van der Waals surface area contributed by atoms with Gasteiger partial charge in [0.25, 0.3) is 0 Å². The molecule has 1 aromatic rings. The molecule has 1 aliphatic carbocycles. The fraction of sp³-hybridized carbons (Fsp3) is 0.538. The van der Waals surface area contributed by atoms with E-state index in [1.54, 1.807) is 29.6 Å². The lowest BCUT2D eigenvalue weighted by atomic mass is 10.2. The third-order valence-corrected chi connectivity index (χ3v) is 5.27. The smallest absolute Gasteiger partial charge is 0.243 e. The highest BCUT2D eigenvalue weighted by Crippen LogP contribution is 2.32. The Morgan fingerprint density at radius 3 is 2.63 bits per heavy atom. The lowest BCUT2D eigenvalue weighted by Crippen LogP contribution is -2.35. The Balaban J connectivity index is 2.30. The second kappa shape index (κ2) is 5.48. The summed E-state index contributed by atoms with van der Waals surface area (Å²) in [7, 11) is -1.88. The maximum absolute atomic E-state index is 12.6. The van der Waals surface area contributed by atoms with Gasteiger partial charge in [0.05, 0.1) is 11.5 Å². The van der Waals surface area contributed by atoms with E-state index in [1.807, 2.05) is 6.92 Å². The maximum Gasteiger partial charge on any atom is 0.243 e. The van der Waals surface area contributed by atoms with Crippen molar-refractivity contribution >= 4 is 15.7 Å². The topological polar surface area (TPSA) is 72.6 Å². The standard InChI is InChI=1S/C13H20N2O3S/c1-10-9-12(5-6-13(10)14)19(16,17)15(7-8-18-2)11-3-4-11/h5-6,9,11H,3-4,7-8,14H2,1-2H3. The van der Waals surface area contributed by atoms with Crippen LogP contribution in [0.1, 0.15) is 18.4 Å². The first-order valence-electron chi connectivity index (χ1n) is 6.33. The van der Waals surface area contributed by atoms with Crippen LogP contribution in [0, 0.1) is 6.92 Å². The van der Waals surface area contributed by atoms with Gasteiger partial charge in [-0.05, 0) is 43.5 Å². The van der Waals surface area contributed by atoms with E-state index in [0.29, 0.717) is 23.7 Å². The van der Waals surface area contributed by atoms with Crippen LogP contribution in [0.15, 0.2) is 23.1 Å². The fourth-order valence-electron chi connectivity index (χ4n) is 1.99. The third-order valence-electron chi connectivity index (χ3n) is 3.32. The van der Waals surface area contributed by atoms with Crippen molar-refractivity contribution in [2.45, 2.75) is 30.7 Å². The van der Waals surface area contributed by atoms with Gasteiger partial charge in [0.2, 0.25) is 10.0 Å². The number of rotatable bonds is 6. The Bertz CT molecular complexity index is 553. The molecule has 1 aliphatic rings. The highest BCUT2D eigenvalue weighted by Gasteiger charge is 2.37. The zero-order chi connectivity index (χ0) is 14.0. The number of ether oxygens (including phenoxy) is 1. The summed E-state index contributed by atoms with van der Waals surface area (Å²) in [4.78, 5) is 0.308. The lowest BCUT2D eigenvalue weighted by Gasteiger charge is -2.21. The Labute approximate surface area is 114 Å². The second-order valence-electron chi connectivity index (χ2n) is 4.86. The van der Waals surface area contributed by atoms with Crippen molar-refractivity contribution in [1.82, 2.24) is 4.31 Å². The molecule has 1 aromatic carbocycles. The number of nitrogens with two attached hydrogens (primary N) is 1. The van der Waals surface area contributed by atoms with Crippen molar-refractivity contribution in [3.8, 4) is 0 Å². The van der Waals surface area contributed by atoms with Gasteiger partial charge in [0.15, 0.2) is 0 Å². The number of sulfonamides is 1. The van der Waals surface area contributed by atoms with Crippen molar-refractivity contribution in [3.63, 3.8) is 0 Å². The molecule has 0 atom stereocenters. The van der Waals surface area contributed by atoms with Gasteiger partial charge in [-0.25, -0.2) is 8.42 Å². The number of hydrogen-bond acceptors (Lipinski definition) is 4. The number of anilines is 1. The molecule has 0 heterocycles. The molecule has 2 rings (SSSR count). The maximum atomic E-state index is 12.6. The SMILES string of the molecule is COCCN(C1CC1)S(=O)(=O)c1ccc(N)c(C)c1. The first-order valence-corrected chi connectivity index (χ1v) is 7.77. The quantitative estimate of drug-likeness (QED) is 0.801. The number of methoxy groups -OCH3 is 1. The number of aryl methyl sites for hydroxylation is 1. The highest BCUT2D eigenvalue weighted by molar-refractivity contribution is 7.89. The van der Waals surface area contributed by atoms with Crippen LogP contribution in [-0.4, -0.2) is 39.0 Å². The third kappa shape index (κ3) is 3.08. The van der Waals surface area contributed by atoms with E-state index in [0.717, 1.165) is 18.4 Å². The summed E-state index contributed by atoms with van der Waals surface area (Å²) in [5.74, 6) is 0. The van der Waals surface area contributed by atoms with Crippen LogP contribution in [-0.2, 0) is 14.8 Å². The summed E-state index contributed by atoms with van der Waals surface area (Å²) in [5, 5.41) is 0. The van der Waals surface area contributed by atoms with Crippen LogP contribution < -0.4 is 5.73 Å². The molecule has 0 spiro atoms. The molecule has 0 aliphatic heterocycles. The van der Waals surface area contributed by atoms with Crippen LogP contribution in [0.4, 0.5) is 5.69 Å². The van der Waals surface area contributed by atoms with Crippen LogP contribution in [0.25, 0.3) is 0 Å². The summed E-state index contributed by atoms with van der Waals surface area (Å²) in [6.45, 7) is 2.61. The van der Waals surface area contributed by atoms with Crippen molar-refractivity contribution in [2.75, 3.05) is 26.0 Å². The Kier molecular flexibility index (Phi) is 4.13. The zero-order valence-electron chi connectivity index (χ0n) is 11.3. The molecule has 0 bridgehead atoms. The lowest BCUT2D eigenvalue weighted by molar-refractivity contribution is 0.177. The molecule has 19 heavy (non-hydrogen) atoms. The molecule has 0 unspecified atom stereocenters. The predicted octanol–water partition coefficient (Wildman–Crippen LogP) is 1.38. The molecular weight excluding hydrogens is 264 g/mol. The molecule has 0 radical (unpaired) electrons. The first kappa shape index (κ1) is 14.3. The van der Waals surface area contributed by atoms with Crippen molar-refractivity contribution in [2.24, 2.45) is 0 Å². The first-order chi connectivity index (χ1) is 8.96. The molecule has 2 N–H and O–H groups in total. The Hall–Kier alpha value is -1.11. The van der Waals surface area contributed by atoms with Crippen molar-refractivity contribution < 1.29 is 13.2 Å². The predicted molar refractivity (Wildman–Crippen MR) is 74.4 cm³/mol. The molecule has 6 heteroatoms. The van der Waals surface area contributed by atoms with Gasteiger partial charge in [-0.2, -0.15) is 4.31 Å². The van der Waals surface area contributed by atoms with Gasteiger partial charge >= 0.3 is 0 Å².